The second-order valence-corrected chi connectivity index (χ2v) is 5.23. The fraction of sp³-hybridized carbons (Fsp3) is 0.615. The van der Waals surface area contributed by atoms with Gasteiger partial charge in [-0.2, -0.15) is 18.3 Å². The second-order valence-electron chi connectivity index (χ2n) is 5.23. The van der Waals surface area contributed by atoms with Crippen LogP contribution in [0.2, 0.25) is 0 Å². The van der Waals surface area contributed by atoms with Gasteiger partial charge in [-0.25, -0.2) is 4.79 Å². The Kier molecular flexibility index (Phi) is 5.12. The molecule has 2 N–H and O–H groups in total. The number of hydrogen-bond donors (Lipinski definition) is 2. The Morgan fingerprint density at radius 3 is 2.91 bits per heavy atom. The maximum absolute atomic E-state index is 11.9. The predicted octanol–water partition coefficient (Wildman–Crippen LogP) is 1.20. The molecule has 0 saturated heterocycles. The van der Waals surface area contributed by atoms with Crippen molar-refractivity contribution < 1.29 is 27.5 Å². The summed E-state index contributed by atoms with van der Waals surface area (Å²) in [6, 6.07) is -0.215. The van der Waals surface area contributed by atoms with E-state index in [0.29, 0.717) is 0 Å². The number of alkyl halides is 3. The van der Waals surface area contributed by atoms with E-state index in [4.69, 9.17) is 0 Å². The molecule has 0 bridgehead atoms. The normalized spacial score (nSPS) is 17.3. The van der Waals surface area contributed by atoms with Gasteiger partial charge in [0.25, 0.3) is 0 Å². The molecule has 0 spiro atoms. The van der Waals surface area contributed by atoms with Gasteiger partial charge in [-0.15, -0.1) is 0 Å². The molecule has 1 aromatic rings. The number of aryl methyl sites for hydroxylation is 1. The summed E-state index contributed by atoms with van der Waals surface area (Å²) < 4.78 is 41.3. The number of rotatable bonds is 4. The van der Waals surface area contributed by atoms with Crippen molar-refractivity contribution in [1.82, 2.24) is 20.4 Å². The van der Waals surface area contributed by atoms with Crippen LogP contribution in [0.4, 0.5) is 18.0 Å². The minimum atomic E-state index is -4.60. The van der Waals surface area contributed by atoms with Crippen LogP contribution in [0.15, 0.2) is 6.20 Å². The van der Waals surface area contributed by atoms with Gasteiger partial charge in [-0.1, -0.05) is 0 Å². The number of carbonyl (C=O) groups excluding carboxylic acids is 2. The third-order valence-electron chi connectivity index (χ3n) is 3.47. The van der Waals surface area contributed by atoms with Crippen LogP contribution in [0.25, 0.3) is 0 Å². The summed E-state index contributed by atoms with van der Waals surface area (Å²) in [5.74, 6) is -0.504. The third-order valence-corrected chi connectivity index (χ3v) is 3.47. The molecule has 1 aromatic heterocycles. The van der Waals surface area contributed by atoms with Crippen LogP contribution in [-0.2, 0) is 23.0 Å². The molecule has 1 heterocycles. The minimum absolute atomic E-state index is 0.215. The van der Waals surface area contributed by atoms with E-state index in [-0.39, 0.29) is 6.04 Å². The summed E-state index contributed by atoms with van der Waals surface area (Å²) in [4.78, 5) is 22.9. The number of amides is 2. The zero-order chi connectivity index (χ0) is 17.0. The Balaban J connectivity index is 1.79. The van der Waals surface area contributed by atoms with Crippen molar-refractivity contribution in [2.45, 2.75) is 31.5 Å². The fourth-order valence-electron chi connectivity index (χ4n) is 2.45. The van der Waals surface area contributed by atoms with E-state index in [1.54, 1.807) is 10.9 Å². The lowest BCUT2D eigenvalue weighted by atomic mass is 9.93. The Morgan fingerprint density at radius 1 is 1.48 bits per heavy atom. The van der Waals surface area contributed by atoms with Gasteiger partial charge in [0.15, 0.2) is 6.61 Å². The molecule has 0 aliphatic heterocycles. The number of hydrogen-bond acceptors (Lipinski definition) is 4. The van der Waals surface area contributed by atoms with Crippen LogP contribution in [0.3, 0.4) is 0 Å². The Morgan fingerprint density at radius 2 is 2.22 bits per heavy atom. The van der Waals surface area contributed by atoms with Crippen molar-refractivity contribution in [3.05, 3.63) is 17.5 Å². The van der Waals surface area contributed by atoms with Gasteiger partial charge in [0.1, 0.15) is 6.54 Å². The zero-order valence-electron chi connectivity index (χ0n) is 12.4. The molecule has 128 valence electrons. The lowest BCUT2D eigenvalue weighted by Gasteiger charge is -2.23. The molecule has 10 heteroatoms. The van der Waals surface area contributed by atoms with Crippen molar-refractivity contribution >= 4 is 12.0 Å². The molecule has 1 unspecified atom stereocenters. The van der Waals surface area contributed by atoms with Crippen LogP contribution < -0.4 is 10.6 Å². The highest BCUT2D eigenvalue weighted by Gasteiger charge is 2.30. The first kappa shape index (κ1) is 17.1. The van der Waals surface area contributed by atoms with Crippen molar-refractivity contribution in [1.29, 1.82) is 0 Å². The van der Waals surface area contributed by atoms with E-state index < -0.39 is 31.3 Å². The molecule has 2 amide bonds. The van der Waals surface area contributed by atoms with Crippen LogP contribution in [0.5, 0.6) is 0 Å². The fourth-order valence-corrected chi connectivity index (χ4v) is 2.45. The standard InChI is InChI=1S/C13H17F3N4O3/c1-20-10-4-2-3-9(8(10)5-18-20)19-11(21)6-17-12(22)23-7-13(14,15)16/h5,9H,2-4,6-7H2,1H3,(H,17,22)(H,19,21). The van der Waals surface area contributed by atoms with Gasteiger partial charge in [-0.05, 0) is 19.3 Å². The molecular formula is C13H17F3N4O3. The number of halogens is 3. The third kappa shape index (κ3) is 4.86. The van der Waals surface area contributed by atoms with Gasteiger partial charge in [-0.3, -0.25) is 9.48 Å². The largest absolute Gasteiger partial charge is 0.440 e. The molecule has 0 saturated carbocycles. The number of fused-ring (bicyclic) bond motifs is 1. The second kappa shape index (κ2) is 6.88. The molecule has 1 aliphatic rings. The Labute approximate surface area is 130 Å². The summed E-state index contributed by atoms with van der Waals surface area (Å²) in [5.41, 5.74) is 1.96. The van der Waals surface area contributed by atoms with Crippen LogP contribution in [0, 0.1) is 0 Å². The van der Waals surface area contributed by atoms with Gasteiger partial charge in [0.2, 0.25) is 5.91 Å². The molecule has 0 fully saturated rings. The number of nitrogens with one attached hydrogen (secondary N) is 2. The Bertz CT molecular complexity index is 586. The first-order valence-corrected chi connectivity index (χ1v) is 7.04. The van der Waals surface area contributed by atoms with Crippen molar-refractivity contribution in [2.75, 3.05) is 13.2 Å². The SMILES string of the molecule is Cn1ncc2c1CCCC2NC(=O)CNC(=O)OCC(F)(F)F. The number of nitrogens with zero attached hydrogens (tertiary/aromatic N) is 2. The average Bonchev–Trinajstić information content (AvgIpc) is 2.85. The summed E-state index contributed by atoms with van der Waals surface area (Å²) in [7, 11) is 1.82. The Hall–Kier alpha value is -2.26. The average molecular weight is 334 g/mol. The predicted molar refractivity (Wildman–Crippen MR) is 72.4 cm³/mol. The lowest BCUT2D eigenvalue weighted by Crippen LogP contribution is -2.40. The highest BCUT2D eigenvalue weighted by molar-refractivity contribution is 5.82. The van der Waals surface area contributed by atoms with Gasteiger partial charge < -0.3 is 15.4 Å². The molecule has 7 nitrogen and oxygen atoms in total. The maximum Gasteiger partial charge on any atom is 0.422 e. The first-order valence-electron chi connectivity index (χ1n) is 7.04. The number of alkyl carbamates (subject to hydrolysis) is 1. The van der Waals surface area contributed by atoms with Crippen molar-refractivity contribution in [3.8, 4) is 0 Å². The van der Waals surface area contributed by atoms with E-state index in [0.717, 1.165) is 30.5 Å². The van der Waals surface area contributed by atoms with Crippen molar-refractivity contribution in [2.24, 2.45) is 7.05 Å². The monoisotopic (exact) mass is 334 g/mol. The molecule has 1 aliphatic carbocycles. The van der Waals surface area contributed by atoms with E-state index in [1.165, 1.54) is 0 Å². The van der Waals surface area contributed by atoms with Gasteiger partial charge in [0, 0.05) is 18.3 Å². The molecule has 2 rings (SSSR count). The van der Waals surface area contributed by atoms with E-state index in [9.17, 15) is 22.8 Å². The summed E-state index contributed by atoms with van der Waals surface area (Å²) >= 11 is 0. The molecule has 23 heavy (non-hydrogen) atoms. The topological polar surface area (TPSA) is 85.3 Å². The van der Waals surface area contributed by atoms with Crippen LogP contribution in [-0.4, -0.2) is 41.1 Å². The van der Waals surface area contributed by atoms with Crippen LogP contribution in [0.1, 0.15) is 30.1 Å². The summed E-state index contributed by atoms with van der Waals surface area (Å²) in [5, 5.41) is 8.86. The number of aromatic nitrogens is 2. The van der Waals surface area contributed by atoms with Gasteiger partial charge >= 0.3 is 12.3 Å². The molecule has 1 atom stereocenters. The lowest BCUT2D eigenvalue weighted by molar-refractivity contribution is -0.160. The van der Waals surface area contributed by atoms with Gasteiger partial charge in [0.05, 0.1) is 12.2 Å². The molecule has 0 radical (unpaired) electrons. The van der Waals surface area contributed by atoms with Crippen molar-refractivity contribution in [3.63, 3.8) is 0 Å². The van der Waals surface area contributed by atoms with E-state index in [1.807, 2.05) is 12.4 Å². The zero-order valence-corrected chi connectivity index (χ0v) is 12.4. The highest BCUT2D eigenvalue weighted by Crippen LogP contribution is 2.28. The summed E-state index contributed by atoms with van der Waals surface area (Å²) in [6.45, 7) is -2.15. The first-order chi connectivity index (χ1) is 10.8. The van der Waals surface area contributed by atoms with E-state index in [2.05, 4.69) is 15.2 Å². The quantitative estimate of drug-likeness (QED) is 0.866. The maximum atomic E-state index is 11.9. The molecular weight excluding hydrogens is 317 g/mol. The van der Waals surface area contributed by atoms with E-state index >= 15 is 0 Å². The van der Waals surface area contributed by atoms with Crippen LogP contribution >= 0.6 is 0 Å². The minimum Gasteiger partial charge on any atom is -0.440 e. The smallest absolute Gasteiger partial charge is 0.422 e. The number of carbonyl (C=O) groups is 2. The summed E-state index contributed by atoms with van der Waals surface area (Å²) in [6.07, 6.45) is -1.70. The molecule has 0 aromatic carbocycles. The highest BCUT2D eigenvalue weighted by atomic mass is 19.4. The number of ether oxygens (including phenoxy) is 1.